The lowest BCUT2D eigenvalue weighted by Gasteiger charge is -2.31. The molecule has 1 aliphatic carbocycles. The second-order valence-electron chi connectivity index (χ2n) is 6.80. The molecule has 0 radical (unpaired) electrons. The molecule has 2 fully saturated rings. The minimum absolute atomic E-state index is 0.726. The maximum atomic E-state index is 4.76. The zero-order valence-electron chi connectivity index (χ0n) is 13.3. The second kappa shape index (κ2) is 7.25. The quantitative estimate of drug-likeness (QED) is 0.874. The van der Waals surface area contributed by atoms with Crippen molar-refractivity contribution in [2.24, 2.45) is 11.8 Å². The summed E-state index contributed by atoms with van der Waals surface area (Å²) in [5.74, 6) is 3.55. The molecule has 0 spiro atoms. The number of aromatic nitrogens is 3. The van der Waals surface area contributed by atoms with Crippen LogP contribution < -0.4 is 10.2 Å². The number of rotatable bonds is 5. The van der Waals surface area contributed by atoms with Crippen molar-refractivity contribution >= 4 is 5.95 Å². The van der Waals surface area contributed by atoms with Crippen molar-refractivity contribution in [1.29, 1.82) is 0 Å². The standard InChI is InChI=1S/C16H29N5/c1-17-11-14-8-5-9-21(12-14)16-18-15(19-20-16)10-13-6-3-2-4-7-13/h13-14,17H,2-12H2,1H3,(H,18,19,20). The molecule has 1 unspecified atom stereocenters. The first kappa shape index (κ1) is 14.8. The van der Waals surface area contributed by atoms with Gasteiger partial charge in [-0.25, -0.2) is 0 Å². The van der Waals surface area contributed by atoms with Crippen molar-refractivity contribution in [1.82, 2.24) is 20.5 Å². The number of nitrogens with one attached hydrogen (secondary N) is 2. The Morgan fingerprint density at radius 2 is 1.95 bits per heavy atom. The SMILES string of the molecule is CNCC1CCCN(c2n[nH]c(CC3CCCCC3)n2)C1. The second-order valence-corrected chi connectivity index (χ2v) is 6.80. The Bertz CT molecular complexity index is 422. The van der Waals surface area contributed by atoms with Gasteiger partial charge in [-0.3, -0.25) is 5.10 Å². The molecule has 118 valence electrons. The number of hydrogen-bond acceptors (Lipinski definition) is 4. The fourth-order valence-electron chi connectivity index (χ4n) is 3.88. The van der Waals surface area contributed by atoms with Crippen LogP contribution >= 0.6 is 0 Å². The Hall–Kier alpha value is -1.10. The maximum Gasteiger partial charge on any atom is 0.244 e. The molecule has 5 heteroatoms. The Labute approximate surface area is 127 Å². The van der Waals surface area contributed by atoms with Crippen molar-refractivity contribution < 1.29 is 0 Å². The lowest BCUT2D eigenvalue weighted by Crippen LogP contribution is -2.39. The van der Waals surface area contributed by atoms with E-state index in [1.54, 1.807) is 0 Å². The fraction of sp³-hybridized carbons (Fsp3) is 0.875. The number of hydrogen-bond donors (Lipinski definition) is 2. The fourth-order valence-corrected chi connectivity index (χ4v) is 3.88. The van der Waals surface area contributed by atoms with Gasteiger partial charge in [-0.05, 0) is 38.3 Å². The molecule has 21 heavy (non-hydrogen) atoms. The van der Waals surface area contributed by atoms with Crippen LogP contribution in [0.4, 0.5) is 5.95 Å². The Morgan fingerprint density at radius 1 is 1.14 bits per heavy atom. The minimum atomic E-state index is 0.726. The van der Waals surface area contributed by atoms with Crippen LogP contribution in [0.15, 0.2) is 0 Å². The minimum Gasteiger partial charge on any atom is -0.339 e. The molecule has 2 heterocycles. The highest BCUT2D eigenvalue weighted by molar-refractivity contribution is 5.29. The molecule has 1 aromatic heterocycles. The summed E-state index contributed by atoms with van der Waals surface area (Å²) in [7, 11) is 2.04. The zero-order valence-corrected chi connectivity index (χ0v) is 13.3. The number of H-pyrrole nitrogens is 1. The molecular formula is C16H29N5. The van der Waals surface area contributed by atoms with E-state index in [4.69, 9.17) is 4.98 Å². The van der Waals surface area contributed by atoms with E-state index in [0.717, 1.165) is 49.7 Å². The predicted octanol–water partition coefficient (Wildman–Crippen LogP) is 2.36. The normalized spacial score (nSPS) is 24.4. The van der Waals surface area contributed by atoms with Crippen molar-refractivity contribution in [3.05, 3.63) is 5.82 Å². The van der Waals surface area contributed by atoms with Crippen LogP contribution in [-0.4, -0.2) is 41.9 Å². The van der Waals surface area contributed by atoms with Crippen LogP contribution in [0.2, 0.25) is 0 Å². The highest BCUT2D eigenvalue weighted by atomic mass is 15.4. The van der Waals surface area contributed by atoms with E-state index >= 15 is 0 Å². The van der Waals surface area contributed by atoms with Gasteiger partial charge in [-0.1, -0.05) is 32.1 Å². The third-order valence-electron chi connectivity index (χ3n) is 5.02. The molecule has 1 saturated carbocycles. The van der Waals surface area contributed by atoms with Crippen molar-refractivity contribution in [3.8, 4) is 0 Å². The van der Waals surface area contributed by atoms with Crippen molar-refractivity contribution in [3.63, 3.8) is 0 Å². The molecule has 1 saturated heterocycles. The molecule has 2 N–H and O–H groups in total. The molecule has 5 nitrogen and oxygen atoms in total. The topological polar surface area (TPSA) is 56.8 Å². The van der Waals surface area contributed by atoms with Gasteiger partial charge in [0, 0.05) is 19.5 Å². The number of nitrogens with zero attached hydrogens (tertiary/aromatic N) is 3. The zero-order chi connectivity index (χ0) is 14.5. The van der Waals surface area contributed by atoms with E-state index in [1.807, 2.05) is 7.05 Å². The smallest absolute Gasteiger partial charge is 0.244 e. The van der Waals surface area contributed by atoms with Gasteiger partial charge in [-0.2, -0.15) is 4.98 Å². The summed E-state index contributed by atoms with van der Waals surface area (Å²) in [6.45, 7) is 3.28. The monoisotopic (exact) mass is 291 g/mol. The lowest BCUT2D eigenvalue weighted by atomic mass is 9.87. The first-order valence-corrected chi connectivity index (χ1v) is 8.66. The van der Waals surface area contributed by atoms with Gasteiger partial charge < -0.3 is 10.2 Å². The van der Waals surface area contributed by atoms with Crippen molar-refractivity contribution in [2.45, 2.75) is 51.4 Å². The first-order chi connectivity index (χ1) is 10.3. The van der Waals surface area contributed by atoms with Gasteiger partial charge in [0.25, 0.3) is 0 Å². The molecule has 0 aromatic carbocycles. The summed E-state index contributed by atoms with van der Waals surface area (Å²) in [4.78, 5) is 7.11. The Morgan fingerprint density at radius 3 is 2.76 bits per heavy atom. The Kier molecular flexibility index (Phi) is 5.12. The molecule has 3 rings (SSSR count). The number of piperidine rings is 1. The van der Waals surface area contributed by atoms with Crippen LogP contribution in [0.1, 0.15) is 50.8 Å². The van der Waals surface area contributed by atoms with E-state index < -0.39 is 0 Å². The molecule has 0 bridgehead atoms. The van der Waals surface area contributed by atoms with Gasteiger partial charge >= 0.3 is 0 Å². The third kappa shape index (κ3) is 3.96. The van der Waals surface area contributed by atoms with Gasteiger partial charge in [0.15, 0.2) is 0 Å². The van der Waals surface area contributed by atoms with Crippen LogP contribution in [0.3, 0.4) is 0 Å². The first-order valence-electron chi connectivity index (χ1n) is 8.66. The van der Waals surface area contributed by atoms with E-state index in [2.05, 4.69) is 20.4 Å². The van der Waals surface area contributed by atoms with E-state index in [-0.39, 0.29) is 0 Å². The molecule has 1 atom stereocenters. The van der Waals surface area contributed by atoms with Gasteiger partial charge in [0.1, 0.15) is 5.82 Å². The Balaban J connectivity index is 1.56. The van der Waals surface area contributed by atoms with Crippen LogP contribution in [0.5, 0.6) is 0 Å². The summed E-state index contributed by atoms with van der Waals surface area (Å²) >= 11 is 0. The van der Waals surface area contributed by atoms with Crippen LogP contribution in [0.25, 0.3) is 0 Å². The highest BCUT2D eigenvalue weighted by Gasteiger charge is 2.23. The third-order valence-corrected chi connectivity index (χ3v) is 5.02. The van der Waals surface area contributed by atoms with Gasteiger partial charge in [-0.15, -0.1) is 5.10 Å². The maximum absolute atomic E-state index is 4.76. The van der Waals surface area contributed by atoms with Gasteiger partial charge in [0.2, 0.25) is 5.95 Å². The molecule has 0 amide bonds. The van der Waals surface area contributed by atoms with Crippen molar-refractivity contribution in [2.75, 3.05) is 31.6 Å². The number of aromatic amines is 1. The summed E-state index contributed by atoms with van der Waals surface area (Å²) in [6.07, 6.45) is 10.6. The lowest BCUT2D eigenvalue weighted by molar-refractivity contribution is 0.352. The predicted molar refractivity (Wildman–Crippen MR) is 85.5 cm³/mol. The van der Waals surface area contributed by atoms with Gasteiger partial charge in [0.05, 0.1) is 0 Å². The molecule has 1 aliphatic heterocycles. The highest BCUT2D eigenvalue weighted by Crippen LogP contribution is 2.26. The van der Waals surface area contributed by atoms with E-state index in [0.29, 0.717) is 0 Å². The summed E-state index contributed by atoms with van der Waals surface area (Å²) in [5.41, 5.74) is 0. The number of anilines is 1. The molecular weight excluding hydrogens is 262 g/mol. The summed E-state index contributed by atoms with van der Waals surface area (Å²) in [5, 5.41) is 10.9. The van der Waals surface area contributed by atoms with Crippen LogP contribution in [0, 0.1) is 11.8 Å². The largest absolute Gasteiger partial charge is 0.339 e. The average molecular weight is 291 g/mol. The molecule has 1 aromatic rings. The van der Waals surface area contributed by atoms with E-state index in [1.165, 1.54) is 44.9 Å². The average Bonchev–Trinajstić information content (AvgIpc) is 2.97. The molecule has 2 aliphatic rings. The summed E-state index contributed by atoms with van der Waals surface area (Å²) < 4.78 is 0. The summed E-state index contributed by atoms with van der Waals surface area (Å²) in [6, 6.07) is 0. The van der Waals surface area contributed by atoms with E-state index in [9.17, 15) is 0 Å². The van der Waals surface area contributed by atoms with Crippen LogP contribution in [-0.2, 0) is 6.42 Å².